The number of unbranched alkanes of at least 4 members (excludes halogenated alkanes) is 3. The van der Waals surface area contributed by atoms with Crippen molar-refractivity contribution in [3.8, 4) is 0 Å². The number of aliphatic hydroxyl groups is 1. The monoisotopic (exact) mass is 548 g/mol. The topological polar surface area (TPSA) is 87.2 Å². The van der Waals surface area contributed by atoms with E-state index in [1.807, 2.05) is 12.1 Å². The summed E-state index contributed by atoms with van der Waals surface area (Å²) >= 11 is 8.17. The lowest BCUT2D eigenvalue weighted by Crippen LogP contribution is -2.57. The van der Waals surface area contributed by atoms with E-state index in [1.54, 1.807) is 46.7 Å². The molecule has 1 spiro atoms. The Balaban J connectivity index is 1.75. The van der Waals surface area contributed by atoms with E-state index in [0.717, 1.165) is 25.7 Å². The van der Waals surface area contributed by atoms with Gasteiger partial charge in [0.05, 0.1) is 33.9 Å². The molecule has 3 aliphatic rings. The number of fused-ring (bicyclic) bond motifs is 1. The Morgan fingerprint density at radius 3 is 2.70 bits per heavy atom. The van der Waals surface area contributed by atoms with Gasteiger partial charge in [-0.15, -0.1) is 18.3 Å². The van der Waals surface area contributed by atoms with Crippen LogP contribution in [0.3, 0.4) is 0 Å². The van der Waals surface area contributed by atoms with Crippen LogP contribution in [0.4, 0.5) is 5.69 Å². The van der Waals surface area contributed by atoms with E-state index in [4.69, 9.17) is 21.4 Å². The van der Waals surface area contributed by atoms with Crippen LogP contribution < -0.4 is 4.90 Å². The first-order valence-electron chi connectivity index (χ1n) is 13.3. The molecule has 0 aromatic heterocycles. The third kappa shape index (κ3) is 4.81. The van der Waals surface area contributed by atoms with E-state index < -0.39 is 22.6 Å². The molecule has 202 valence electrons. The number of nitrogens with zero attached hydrogens (tertiary/aromatic N) is 2. The molecule has 1 N–H and O–H groups in total. The van der Waals surface area contributed by atoms with Gasteiger partial charge in [0.15, 0.2) is 0 Å². The number of hydrogen-bond donors (Lipinski definition) is 1. The Labute approximate surface area is 228 Å². The molecule has 3 saturated heterocycles. The standard InChI is InChI=1S/C28H37ClN2O5S/c1-4-14-30(20-13-9-8-12-19(20)29)26(34)24-28-18(3)17-21(37-28)22(27(35)36-5-2)23(28)25(33)31(24)15-10-6-7-11-16-32/h4,8-9,12-13,18,21-24,32H,1,5-7,10-11,14-17H2,2-3H3/t18?,21-,22+,23+,24?,28?/m1/s1. The fraction of sp³-hybridized carbons (Fsp3) is 0.607. The van der Waals surface area contributed by atoms with Gasteiger partial charge in [-0.05, 0) is 44.2 Å². The minimum absolute atomic E-state index is 0.0434. The van der Waals surface area contributed by atoms with Crippen molar-refractivity contribution in [1.82, 2.24) is 4.90 Å². The van der Waals surface area contributed by atoms with Crippen molar-refractivity contribution < 1.29 is 24.2 Å². The maximum atomic E-state index is 14.5. The number of likely N-dealkylation sites (tertiary alicyclic amines) is 1. The summed E-state index contributed by atoms with van der Waals surface area (Å²) in [5.74, 6) is -1.71. The zero-order valence-corrected chi connectivity index (χ0v) is 23.2. The maximum absolute atomic E-state index is 14.5. The van der Waals surface area contributed by atoms with Crippen molar-refractivity contribution in [2.24, 2.45) is 17.8 Å². The van der Waals surface area contributed by atoms with Gasteiger partial charge in [-0.2, -0.15) is 0 Å². The number of halogens is 1. The summed E-state index contributed by atoms with van der Waals surface area (Å²) in [5.41, 5.74) is 0.580. The van der Waals surface area contributed by atoms with Crippen LogP contribution in [-0.4, -0.2) is 70.1 Å². The molecule has 3 fully saturated rings. The lowest BCUT2D eigenvalue weighted by atomic mass is 9.66. The molecule has 7 nitrogen and oxygen atoms in total. The Bertz CT molecular complexity index is 1040. The lowest BCUT2D eigenvalue weighted by molar-refractivity contribution is -0.154. The van der Waals surface area contributed by atoms with Gasteiger partial charge in [0.2, 0.25) is 5.91 Å². The highest BCUT2D eigenvalue weighted by Gasteiger charge is 2.76. The number of benzene rings is 1. The summed E-state index contributed by atoms with van der Waals surface area (Å²) in [5, 5.41) is 9.54. The summed E-state index contributed by atoms with van der Waals surface area (Å²) in [6.07, 6.45) is 5.56. The third-order valence-electron chi connectivity index (χ3n) is 8.07. The zero-order valence-electron chi connectivity index (χ0n) is 21.6. The Kier molecular flexibility index (Phi) is 8.92. The van der Waals surface area contributed by atoms with Gasteiger partial charge in [-0.1, -0.05) is 49.6 Å². The number of aliphatic hydroxyl groups excluding tert-OH is 1. The highest BCUT2D eigenvalue weighted by Crippen LogP contribution is 2.68. The fourth-order valence-corrected chi connectivity index (χ4v) is 9.19. The molecule has 1 aromatic carbocycles. The predicted molar refractivity (Wildman–Crippen MR) is 147 cm³/mol. The van der Waals surface area contributed by atoms with E-state index in [9.17, 15) is 14.4 Å². The first-order valence-corrected chi connectivity index (χ1v) is 14.5. The number of carbonyl (C=O) groups is 3. The SMILES string of the molecule is C=CCN(C(=O)C1N(CCCCCCO)C(=O)[C@@H]2[C@@H](C(=O)OCC)[C@H]3CC(C)C12S3)c1ccccc1Cl. The largest absolute Gasteiger partial charge is 0.466 e. The van der Waals surface area contributed by atoms with E-state index >= 15 is 0 Å². The molecule has 0 aliphatic carbocycles. The molecule has 3 heterocycles. The highest BCUT2D eigenvalue weighted by molar-refractivity contribution is 8.02. The van der Waals surface area contributed by atoms with Gasteiger partial charge < -0.3 is 19.6 Å². The number of carbonyl (C=O) groups excluding carboxylic acids is 3. The molecule has 3 unspecified atom stereocenters. The van der Waals surface area contributed by atoms with Gasteiger partial charge in [0.25, 0.3) is 5.91 Å². The van der Waals surface area contributed by atoms with E-state index in [-0.39, 0.29) is 48.7 Å². The summed E-state index contributed by atoms with van der Waals surface area (Å²) in [6.45, 7) is 8.81. The summed E-state index contributed by atoms with van der Waals surface area (Å²) < 4.78 is 4.72. The van der Waals surface area contributed by atoms with Crippen molar-refractivity contribution in [1.29, 1.82) is 0 Å². The van der Waals surface area contributed by atoms with Crippen molar-refractivity contribution in [3.63, 3.8) is 0 Å². The number of amides is 2. The second-order valence-corrected chi connectivity index (χ2v) is 12.1. The smallest absolute Gasteiger partial charge is 0.310 e. The van der Waals surface area contributed by atoms with Crippen LogP contribution in [0.25, 0.3) is 0 Å². The van der Waals surface area contributed by atoms with Crippen molar-refractivity contribution in [2.45, 2.75) is 62.0 Å². The van der Waals surface area contributed by atoms with E-state index in [0.29, 0.717) is 23.7 Å². The van der Waals surface area contributed by atoms with Crippen LogP contribution >= 0.6 is 23.4 Å². The molecule has 37 heavy (non-hydrogen) atoms. The number of hydrogen-bond acceptors (Lipinski definition) is 6. The van der Waals surface area contributed by atoms with Crippen molar-refractivity contribution in [2.75, 3.05) is 31.2 Å². The minimum atomic E-state index is -0.719. The van der Waals surface area contributed by atoms with Crippen LogP contribution in [0.15, 0.2) is 36.9 Å². The molecule has 0 saturated carbocycles. The molecule has 3 aliphatic heterocycles. The predicted octanol–water partition coefficient (Wildman–Crippen LogP) is 4.31. The van der Waals surface area contributed by atoms with E-state index in [1.165, 1.54) is 0 Å². The Hall–Kier alpha value is -2.03. The second kappa shape index (κ2) is 11.8. The Morgan fingerprint density at radius 1 is 1.30 bits per heavy atom. The molecule has 4 rings (SSSR count). The Morgan fingerprint density at radius 2 is 2.03 bits per heavy atom. The van der Waals surface area contributed by atoms with Crippen LogP contribution in [0.2, 0.25) is 5.02 Å². The van der Waals surface area contributed by atoms with Gasteiger partial charge >= 0.3 is 5.97 Å². The van der Waals surface area contributed by atoms with Crippen LogP contribution in [0, 0.1) is 17.8 Å². The number of thioether (sulfide) groups is 1. The van der Waals surface area contributed by atoms with Crippen molar-refractivity contribution >= 4 is 46.8 Å². The summed E-state index contributed by atoms with van der Waals surface area (Å²) in [7, 11) is 0. The summed E-state index contributed by atoms with van der Waals surface area (Å²) in [4.78, 5) is 45.1. The number of ether oxygens (including phenoxy) is 1. The van der Waals surface area contributed by atoms with Gasteiger partial charge in [0, 0.05) is 24.9 Å². The number of anilines is 1. The summed E-state index contributed by atoms with van der Waals surface area (Å²) in [6, 6.07) is 6.48. The molecule has 2 amide bonds. The lowest BCUT2D eigenvalue weighted by Gasteiger charge is -2.40. The fourth-order valence-electron chi connectivity index (χ4n) is 6.55. The van der Waals surface area contributed by atoms with Crippen LogP contribution in [0.5, 0.6) is 0 Å². The van der Waals surface area contributed by atoms with Gasteiger partial charge in [-0.3, -0.25) is 14.4 Å². The molecule has 0 radical (unpaired) electrons. The van der Waals surface area contributed by atoms with Crippen LogP contribution in [-0.2, 0) is 19.1 Å². The third-order valence-corrected chi connectivity index (χ3v) is 10.5. The number of para-hydroxylation sites is 1. The number of rotatable bonds is 12. The molecular formula is C28H37ClN2O5S. The average molecular weight is 549 g/mol. The minimum Gasteiger partial charge on any atom is -0.466 e. The molecule has 2 bridgehead atoms. The van der Waals surface area contributed by atoms with E-state index in [2.05, 4.69) is 13.5 Å². The van der Waals surface area contributed by atoms with Crippen molar-refractivity contribution in [3.05, 3.63) is 41.9 Å². The zero-order chi connectivity index (χ0) is 26.7. The highest BCUT2D eigenvalue weighted by atomic mass is 35.5. The van der Waals surface area contributed by atoms with Crippen LogP contribution in [0.1, 0.15) is 46.0 Å². The molecule has 9 heteroatoms. The number of esters is 1. The first-order chi connectivity index (χ1) is 17.8. The normalized spacial score (nSPS) is 29.9. The average Bonchev–Trinajstić information content (AvgIpc) is 3.46. The molecule has 1 aromatic rings. The molecule has 6 atom stereocenters. The van der Waals surface area contributed by atoms with Gasteiger partial charge in [-0.25, -0.2) is 0 Å². The first kappa shape index (κ1) is 28.0. The molecular weight excluding hydrogens is 512 g/mol. The van der Waals surface area contributed by atoms with Gasteiger partial charge in [0.1, 0.15) is 6.04 Å². The quantitative estimate of drug-likeness (QED) is 0.238. The second-order valence-electron chi connectivity index (χ2n) is 10.2. The maximum Gasteiger partial charge on any atom is 0.310 e.